The number of nitrogens with zero attached hydrogens (tertiary/aromatic N) is 1. The van der Waals surface area contributed by atoms with Gasteiger partial charge in [0, 0.05) is 6.20 Å². The summed E-state index contributed by atoms with van der Waals surface area (Å²) in [4.78, 5) is 4.17. The number of ether oxygens (including phenoxy) is 2. The van der Waals surface area contributed by atoms with Crippen molar-refractivity contribution in [3.05, 3.63) is 53.9 Å². The molecule has 1 aromatic carbocycles. The van der Waals surface area contributed by atoms with Gasteiger partial charge in [0.05, 0.1) is 12.8 Å². The molecule has 0 unspecified atom stereocenters. The first-order valence-electron chi connectivity index (χ1n) is 6.47. The molecule has 0 aliphatic heterocycles. The summed E-state index contributed by atoms with van der Waals surface area (Å²) in [6.07, 6.45) is 1.76. The Hall–Kier alpha value is -2.03. The fraction of sp³-hybridized carbons (Fsp3) is 0.312. The van der Waals surface area contributed by atoms with Gasteiger partial charge in [-0.25, -0.2) is 0 Å². The summed E-state index contributed by atoms with van der Waals surface area (Å²) in [5.41, 5.74) is 2.01. The molecular weight excluding hydrogens is 238 g/mol. The number of aromatic nitrogens is 1. The van der Waals surface area contributed by atoms with Crippen LogP contribution in [0.15, 0.2) is 42.6 Å². The number of hydrogen-bond acceptors (Lipinski definition) is 3. The molecule has 0 N–H and O–H groups in total. The molecule has 3 heteroatoms. The topological polar surface area (TPSA) is 31.4 Å². The molecule has 0 radical (unpaired) electrons. The van der Waals surface area contributed by atoms with Crippen molar-refractivity contribution in [1.82, 2.24) is 4.98 Å². The Morgan fingerprint density at radius 2 is 1.74 bits per heavy atom. The van der Waals surface area contributed by atoms with Gasteiger partial charge in [-0.2, -0.15) is 0 Å². The SMILES string of the molecule is CC.COc1ccc(COc2cccnc2C)cc1. The molecule has 2 rings (SSSR count). The van der Waals surface area contributed by atoms with Crippen LogP contribution in [0.25, 0.3) is 0 Å². The molecule has 0 saturated carbocycles. The van der Waals surface area contributed by atoms with Gasteiger partial charge >= 0.3 is 0 Å². The zero-order chi connectivity index (χ0) is 14.1. The van der Waals surface area contributed by atoms with E-state index < -0.39 is 0 Å². The number of aryl methyl sites for hydroxylation is 1. The molecule has 0 aliphatic carbocycles. The lowest BCUT2D eigenvalue weighted by atomic mass is 10.2. The quantitative estimate of drug-likeness (QED) is 0.831. The monoisotopic (exact) mass is 259 g/mol. The van der Waals surface area contributed by atoms with Crippen LogP contribution in [0.2, 0.25) is 0 Å². The molecule has 0 atom stereocenters. The molecule has 0 spiro atoms. The molecule has 2 aromatic rings. The van der Waals surface area contributed by atoms with Crippen LogP contribution in [0.5, 0.6) is 11.5 Å². The van der Waals surface area contributed by atoms with E-state index in [1.807, 2.05) is 57.2 Å². The Morgan fingerprint density at radius 1 is 1.05 bits per heavy atom. The van der Waals surface area contributed by atoms with Gasteiger partial charge in [-0.1, -0.05) is 26.0 Å². The van der Waals surface area contributed by atoms with E-state index in [0.29, 0.717) is 6.61 Å². The Labute approximate surface area is 115 Å². The minimum Gasteiger partial charge on any atom is -0.497 e. The van der Waals surface area contributed by atoms with Gasteiger partial charge in [0.1, 0.15) is 18.1 Å². The van der Waals surface area contributed by atoms with Crippen molar-refractivity contribution in [3.63, 3.8) is 0 Å². The van der Waals surface area contributed by atoms with Crippen LogP contribution >= 0.6 is 0 Å². The average Bonchev–Trinajstić information content (AvgIpc) is 2.49. The second-order valence-electron chi connectivity index (χ2n) is 3.72. The standard InChI is InChI=1S/C14H15NO2.C2H6/c1-11-14(4-3-9-15-11)17-10-12-5-7-13(16-2)8-6-12;1-2/h3-9H,10H2,1-2H3;1-2H3. The smallest absolute Gasteiger partial charge is 0.141 e. The predicted octanol–water partition coefficient (Wildman–Crippen LogP) is 4.00. The van der Waals surface area contributed by atoms with Crippen LogP contribution in [0.3, 0.4) is 0 Å². The number of rotatable bonds is 4. The van der Waals surface area contributed by atoms with Crippen molar-refractivity contribution in [2.24, 2.45) is 0 Å². The summed E-state index contributed by atoms with van der Waals surface area (Å²) >= 11 is 0. The number of methoxy groups -OCH3 is 1. The van der Waals surface area contributed by atoms with Gasteiger partial charge in [0.2, 0.25) is 0 Å². The third-order valence-electron chi connectivity index (χ3n) is 2.51. The van der Waals surface area contributed by atoms with Gasteiger partial charge < -0.3 is 9.47 Å². The Bertz CT molecular complexity index is 480. The third kappa shape index (κ3) is 4.62. The van der Waals surface area contributed by atoms with Crippen molar-refractivity contribution in [2.75, 3.05) is 7.11 Å². The highest BCUT2D eigenvalue weighted by Crippen LogP contribution is 2.17. The first-order chi connectivity index (χ1) is 9.29. The van der Waals surface area contributed by atoms with E-state index in [4.69, 9.17) is 9.47 Å². The van der Waals surface area contributed by atoms with E-state index in [-0.39, 0.29) is 0 Å². The van der Waals surface area contributed by atoms with Crippen molar-refractivity contribution in [3.8, 4) is 11.5 Å². The molecule has 1 heterocycles. The summed E-state index contributed by atoms with van der Waals surface area (Å²) in [5.74, 6) is 1.68. The third-order valence-corrected chi connectivity index (χ3v) is 2.51. The lowest BCUT2D eigenvalue weighted by Crippen LogP contribution is -1.97. The maximum absolute atomic E-state index is 5.69. The lowest BCUT2D eigenvalue weighted by Gasteiger charge is -2.08. The molecule has 3 nitrogen and oxygen atoms in total. The molecule has 19 heavy (non-hydrogen) atoms. The number of pyridine rings is 1. The summed E-state index contributed by atoms with van der Waals surface area (Å²) in [7, 11) is 1.66. The van der Waals surface area contributed by atoms with Crippen LogP contribution in [-0.2, 0) is 6.61 Å². The average molecular weight is 259 g/mol. The normalized spacial score (nSPS) is 9.26. The van der Waals surface area contributed by atoms with Crippen molar-refractivity contribution < 1.29 is 9.47 Å². The fourth-order valence-electron chi connectivity index (χ4n) is 1.50. The number of benzene rings is 1. The molecule has 1 aromatic heterocycles. The summed E-state index contributed by atoms with van der Waals surface area (Å²) < 4.78 is 10.8. The summed E-state index contributed by atoms with van der Waals surface area (Å²) in [6.45, 7) is 6.47. The molecule has 0 amide bonds. The van der Waals surface area contributed by atoms with Gasteiger partial charge in [0.25, 0.3) is 0 Å². The highest BCUT2D eigenvalue weighted by atomic mass is 16.5. The van der Waals surface area contributed by atoms with Crippen LogP contribution in [0.4, 0.5) is 0 Å². The van der Waals surface area contributed by atoms with Crippen molar-refractivity contribution in [2.45, 2.75) is 27.4 Å². The lowest BCUT2D eigenvalue weighted by molar-refractivity contribution is 0.302. The molecular formula is C16H21NO2. The van der Waals surface area contributed by atoms with Crippen LogP contribution in [0, 0.1) is 6.92 Å². The van der Waals surface area contributed by atoms with Crippen LogP contribution in [-0.4, -0.2) is 12.1 Å². The first-order valence-corrected chi connectivity index (χ1v) is 6.47. The Kier molecular flexibility index (Phi) is 6.44. The van der Waals surface area contributed by atoms with Gasteiger partial charge in [-0.05, 0) is 36.8 Å². The predicted molar refractivity (Wildman–Crippen MR) is 77.6 cm³/mol. The molecule has 0 aliphatic rings. The van der Waals surface area contributed by atoms with Crippen LogP contribution in [0.1, 0.15) is 25.1 Å². The highest BCUT2D eigenvalue weighted by Gasteiger charge is 2.00. The first kappa shape index (κ1) is 15.0. The van der Waals surface area contributed by atoms with Gasteiger partial charge in [0.15, 0.2) is 0 Å². The highest BCUT2D eigenvalue weighted by molar-refractivity contribution is 5.29. The minimum atomic E-state index is 0.538. The zero-order valence-corrected chi connectivity index (χ0v) is 12.0. The maximum atomic E-state index is 5.69. The minimum absolute atomic E-state index is 0.538. The Balaban J connectivity index is 0.000000861. The molecule has 102 valence electrons. The van der Waals surface area contributed by atoms with Crippen molar-refractivity contribution >= 4 is 0 Å². The second-order valence-corrected chi connectivity index (χ2v) is 3.72. The fourth-order valence-corrected chi connectivity index (χ4v) is 1.50. The molecule has 0 fully saturated rings. The van der Waals surface area contributed by atoms with E-state index in [9.17, 15) is 0 Å². The van der Waals surface area contributed by atoms with Crippen molar-refractivity contribution in [1.29, 1.82) is 0 Å². The second kappa shape index (κ2) is 8.14. The van der Waals surface area contributed by atoms with E-state index in [1.165, 1.54) is 0 Å². The Morgan fingerprint density at radius 3 is 2.32 bits per heavy atom. The molecule has 0 bridgehead atoms. The molecule has 0 saturated heterocycles. The van der Waals surface area contributed by atoms with E-state index in [2.05, 4.69) is 4.98 Å². The van der Waals surface area contributed by atoms with E-state index in [0.717, 1.165) is 22.8 Å². The summed E-state index contributed by atoms with van der Waals surface area (Å²) in [6, 6.07) is 11.6. The van der Waals surface area contributed by atoms with E-state index >= 15 is 0 Å². The largest absolute Gasteiger partial charge is 0.497 e. The van der Waals surface area contributed by atoms with Crippen LogP contribution < -0.4 is 9.47 Å². The van der Waals surface area contributed by atoms with Gasteiger partial charge in [-0.15, -0.1) is 0 Å². The number of hydrogen-bond donors (Lipinski definition) is 0. The van der Waals surface area contributed by atoms with Gasteiger partial charge in [-0.3, -0.25) is 4.98 Å². The van der Waals surface area contributed by atoms with E-state index in [1.54, 1.807) is 13.3 Å². The maximum Gasteiger partial charge on any atom is 0.141 e. The summed E-state index contributed by atoms with van der Waals surface area (Å²) in [5, 5.41) is 0. The zero-order valence-electron chi connectivity index (χ0n) is 12.0.